The molecule has 84 valence electrons. The van der Waals surface area contributed by atoms with Crippen LogP contribution in [0.25, 0.3) is 10.4 Å². The maximum atomic E-state index is 4.36. The van der Waals surface area contributed by atoms with Crippen LogP contribution in [0, 0.1) is 13.8 Å². The summed E-state index contributed by atoms with van der Waals surface area (Å²) in [5, 5.41) is 4.24. The minimum absolute atomic E-state index is 0.916. The van der Waals surface area contributed by atoms with E-state index in [1.807, 2.05) is 6.20 Å². The minimum Gasteiger partial charge on any atom is -0.362 e. The zero-order chi connectivity index (χ0) is 11.5. The molecule has 1 N–H and O–H groups in total. The van der Waals surface area contributed by atoms with Gasteiger partial charge in [-0.3, -0.25) is 0 Å². The SMILES string of the molecule is CCNc1ncc(-c2cccc(C)c2C)s1. The molecule has 0 radical (unpaired) electrons. The molecule has 0 saturated heterocycles. The molecule has 0 spiro atoms. The molecule has 1 heterocycles. The lowest BCUT2D eigenvalue weighted by Crippen LogP contribution is -1.94. The Morgan fingerprint density at radius 2 is 2.12 bits per heavy atom. The average molecular weight is 232 g/mol. The molecule has 0 aliphatic carbocycles. The highest BCUT2D eigenvalue weighted by Gasteiger charge is 2.07. The predicted octanol–water partition coefficient (Wildman–Crippen LogP) is 3.86. The van der Waals surface area contributed by atoms with Gasteiger partial charge in [-0.25, -0.2) is 4.98 Å². The molecule has 3 heteroatoms. The van der Waals surface area contributed by atoms with Crippen molar-refractivity contribution in [1.29, 1.82) is 0 Å². The summed E-state index contributed by atoms with van der Waals surface area (Å²) in [7, 11) is 0. The molecule has 2 aromatic rings. The van der Waals surface area contributed by atoms with Crippen LogP contribution in [0.4, 0.5) is 5.13 Å². The highest BCUT2D eigenvalue weighted by Crippen LogP contribution is 2.32. The predicted molar refractivity (Wildman–Crippen MR) is 71.2 cm³/mol. The van der Waals surface area contributed by atoms with E-state index in [9.17, 15) is 0 Å². The van der Waals surface area contributed by atoms with Gasteiger partial charge in [0.25, 0.3) is 0 Å². The summed E-state index contributed by atoms with van der Waals surface area (Å²) in [5.41, 5.74) is 3.96. The van der Waals surface area contributed by atoms with Gasteiger partial charge in [0.2, 0.25) is 0 Å². The number of aromatic nitrogens is 1. The molecular weight excluding hydrogens is 216 g/mol. The van der Waals surface area contributed by atoms with Crippen LogP contribution in [0.5, 0.6) is 0 Å². The van der Waals surface area contributed by atoms with Crippen LogP contribution in [0.2, 0.25) is 0 Å². The average Bonchev–Trinajstić information content (AvgIpc) is 2.71. The van der Waals surface area contributed by atoms with Crippen molar-refractivity contribution in [2.45, 2.75) is 20.8 Å². The molecule has 2 nitrogen and oxygen atoms in total. The molecule has 0 aliphatic heterocycles. The van der Waals surface area contributed by atoms with Gasteiger partial charge in [-0.1, -0.05) is 29.5 Å². The van der Waals surface area contributed by atoms with Crippen LogP contribution in [-0.4, -0.2) is 11.5 Å². The summed E-state index contributed by atoms with van der Waals surface area (Å²) in [6.45, 7) is 7.31. The first-order chi connectivity index (χ1) is 7.72. The fourth-order valence-electron chi connectivity index (χ4n) is 1.65. The van der Waals surface area contributed by atoms with Crippen LogP contribution in [0.15, 0.2) is 24.4 Å². The van der Waals surface area contributed by atoms with Crippen LogP contribution in [-0.2, 0) is 0 Å². The number of thiazole rings is 1. The fraction of sp³-hybridized carbons (Fsp3) is 0.308. The van der Waals surface area contributed by atoms with Crippen LogP contribution >= 0.6 is 11.3 Å². The number of anilines is 1. The van der Waals surface area contributed by atoms with E-state index in [4.69, 9.17) is 0 Å². The number of nitrogens with zero attached hydrogens (tertiary/aromatic N) is 1. The molecule has 0 amide bonds. The Bertz CT molecular complexity index is 488. The van der Waals surface area contributed by atoms with Gasteiger partial charge in [-0.15, -0.1) is 0 Å². The standard InChI is InChI=1S/C13H16N2S/c1-4-14-13-15-8-12(16-13)11-7-5-6-9(2)10(11)3/h5-8H,4H2,1-3H3,(H,14,15). The minimum atomic E-state index is 0.916. The van der Waals surface area contributed by atoms with Crippen LogP contribution < -0.4 is 5.32 Å². The number of hydrogen-bond donors (Lipinski definition) is 1. The third-order valence-corrected chi connectivity index (χ3v) is 3.69. The van der Waals surface area contributed by atoms with Gasteiger partial charge in [0, 0.05) is 12.7 Å². The van der Waals surface area contributed by atoms with Crippen molar-refractivity contribution in [3.05, 3.63) is 35.5 Å². The van der Waals surface area contributed by atoms with E-state index in [1.165, 1.54) is 21.6 Å². The summed E-state index contributed by atoms with van der Waals surface area (Å²) >= 11 is 1.71. The molecular formula is C13H16N2S. The third kappa shape index (κ3) is 2.09. The van der Waals surface area contributed by atoms with Gasteiger partial charge in [-0.05, 0) is 37.5 Å². The number of aryl methyl sites for hydroxylation is 1. The fourth-order valence-corrected chi connectivity index (χ4v) is 2.62. The maximum absolute atomic E-state index is 4.36. The van der Waals surface area contributed by atoms with E-state index in [0.29, 0.717) is 0 Å². The van der Waals surface area contributed by atoms with Crippen LogP contribution in [0.3, 0.4) is 0 Å². The molecule has 0 saturated carbocycles. The quantitative estimate of drug-likeness (QED) is 0.869. The molecule has 1 aromatic heterocycles. The topological polar surface area (TPSA) is 24.9 Å². The second-order valence-corrected chi connectivity index (χ2v) is 4.84. The molecule has 1 aromatic carbocycles. The van der Waals surface area contributed by atoms with E-state index in [1.54, 1.807) is 11.3 Å². The summed E-state index contributed by atoms with van der Waals surface area (Å²) in [4.78, 5) is 5.59. The highest BCUT2D eigenvalue weighted by molar-refractivity contribution is 7.18. The Hall–Kier alpha value is -1.35. The maximum Gasteiger partial charge on any atom is 0.183 e. The largest absolute Gasteiger partial charge is 0.362 e. The van der Waals surface area contributed by atoms with Crippen molar-refractivity contribution < 1.29 is 0 Å². The monoisotopic (exact) mass is 232 g/mol. The smallest absolute Gasteiger partial charge is 0.183 e. The van der Waals surface area contributed by atoms with E-state index in [0.717, 1.165) is 11.7 Å². The molecule has 0 aliphatic rings. The van der Waals surface area contributed by atoms with Crippen molar-refractivity contribution in [2.24, 2.45) is 0 Å². The molecule has 0 bridgehead atoms. The zero-order valence-electron chi connectivity index (χ0n) is 9.87. The Morgan fingerprint density at radius 1 is 1.31 bits per heavy atom. The molecule has 0 fully saturated rings. The number of benzene rings is 1. The Balaban J connectivity index is 2.39. The molecule has 2 rings (SSSR count). The van der Waals surface area contributed by atoms with Gasteiger partial charge in [0.1, 0.15) is 0 Å². The Kier molecular flexibility index (Phi) is 3.25. The third-order valence-electron chi connectivity index (χ3n) is 2.70. The van der Waals surface area contributed by atoms with E-state index < -0.39 is 0 Å². The normalized spacial score (nSPS) is 10.4. The molecule has 0 atom stereocenters. The second kappa shape index (κ2) is 4.66. The molecule has 0 unspecified atom stereocenters. The van der Waals surface area contributed by atoms with Crippen molar-refractivity contribution in [2.75, 3.05) is 11.9 Å². The number of nitrogens with one attached hydrogen (secondary N) is 1. The number of rotatable bonds is 3. The van der Waals surface area contributed by atoms with Gasteiger partial charge in [-0.2, -0.15) is 0 Å². The van der Waals surface area contributed by atoms with Gasteiger partial charge in [0.05, 0.1) is 4.88 Å². The summed E-state index contributed by atoms with van der Waals surface area (Å²) in [5.74, 6) is 0. The lowest BCUT2D eigenvalue weighted by atomic mass is 10.0. The van der Waals surface area contributed by atoms with E-state index in [2.05, 4.69) is 49.3 Å². The van der Waals surface area contributed by atoms with Crippen molar-refractivity contribution >= 4 is 16.5 Å². The van der Waals surface area contributed by atoms with E-state index in [-0.39, 0.29) is 0 Å². The van der Waals surface area contributed by atoms with Crippen LogP contribution in [0.1, 0.15) is 18.1 Å². The highest BCUT2D eigenvalue weighted by atomic mass is 32.1. The van der Waals surface area contributed by atoms with Crippen molar-refractivity contribution in [3.8, 4) is 10.4 Å². The zero-order valence-corrected chi connectivity index (χ0v) is 10.7. The number of hydrogen-bond acceptors (Lipinski definition) is 3. The van der Waals surface area contributed by atoms with Crippen molar-refractivity contribution in [1.82, 2.24) is 4.98 Å². The Labute approximate surface area is 100 Å². The first-order valence-corrected chi connectivity index (χ1v) is 6.30. The summed E-state index contributed by atoms with van der Waals surface area (Å²) < 4.78 is 0. The summed E-state index contributed by atoms with van der Waals surface area (Å²) in [6.07, 6.45) is 1.95. The van der Waals surface area contributed by atoms with Gasteiger partial charge < -0.3 is 5.32 Å². The van der Waals surface area contributed by atoms with E-state index >= 15 is 0 Å². The van der Waals surface area contributed by atoms with Gasteiger partial charge in [0.15, 0.2) is 5.13 Å². The first kappa shape index (κ1) is 11.1. The lowest BCUT2D eigenvalue weighted by molar-refractivity contribution is 1.19. The summed E-state index contributed by atoms with van der Waals surface area (Å²) in [6, 6.07) is 6.40. The Morgan fingerprint density at radius 3 is 2.88 bits per heavy atom. The van der Waals surface area contributed by atoms with Crippen molar-refractivity contribution in [3.63, 3.8) is 0 Å². The first-order valence-electron chi connectivity index (χ1n) is 5.48. The lowest BCUT2D eigenvalue weighted by Gasteiger charge is -2.05. The van der Waals surface area contributed by atoms with Gasteiger partial charge >= 0.3 is 0 Å². The molecule has 16 heavy (non-hydrogen) atoms. The second-order valence-electron chi connectivity index (χ2n) is 3.81.